The van der Waals surface area contributed by atoms with Crippen molar-refractivity contribution in [3.8, 4) is 0 Å². The lowest BCUT2D eigenvalue weighted by Crippen LogP contribution is -2.29. The predicted octanol–water partition coefficient (Wildman–Crippen LogP) is 1.42. The number of Topliss-reactive ketones (excluding diaryl/α,β-unsaturated/α-hetero) is 1. The van der Waals surface area contributed by atoms with E-state index in [2.05, 4.69) is 11.4 Å². The van der Waals surface area contributed by atoms with E-state index in [0.29, 0.717) is 11.8 Å². The lowest BCUT2D eigenvalue weighted by atomic mass is 9.92. The lowest BCUT2D eigenvalue weighted by molar-refractivity contribution is -0.116. The second kappa shape index (κ2) is 3.40. The third kappa shape index (κ3) is 1.44. The minimum Gasteiger partial charge on any atom is -0.310 e. The Hall–Kier alpha value is -0.630. The summed E-state index contributed by atoms with van der Waals surface area (Å²) in [5.41, 5.74) is 1.07. The topological polar surface area (TPSA) is 29.1 Å². The van der Waals surface area contributed by atoms with Crippen LogP contribution in [0, 0.1) is 0 Å². The molecule has 0 saturated carbocycles. The van der Waals surface area contributed by atoms with Gasteiger partial charge in [-0.1, -0.05) is 6.08 Å². The van der Waals surface area contributed by atoms with E-state index >= 15 is 0 Å². The molecule has 0 amide bonds. The van der Waals surface area contributed by atoms with Crippen LogP contribution in [0.1, 0.15) is 32.1 Å². The molecule has 1 unspecified atom stereocenters. The molecule has 1 aliphatic carbocycles. The van der Waals surface area contributed by atoms with Gasteiger partial charge in [-0.15, -0.1) is 0 Å². The van der Waals surface area contributed by atoms with Gasteiger partial charge in [0.1, 0.15) is 0 Å². The molecular weight excluding hydrogens is 150 g/mol. The van der Waals surface area contributed by atoms with E-state index in [1.165, 1.54) is 6.42 Å². The largest absolute Gasteiger partial charge is 0.310 e. The fourth-order valence-electron chi connectivity index (χ4n) is 2.06. The van der Waals surface area contributed by atoms with Crippen molar-refractivity contribution >= 4 is 5.78 Å². The lowest BCUT2D eigenvalue weighted by Gasteiger charge is -2.17. The van der Waals surface area contributed by atoms with Crippen molar-refractivity contribution in [2.75, 3.05) is 6.54 Å². The molecule has 1 atom stereocenters. The second-order valence-electron chi connectivity index (χ2n) is 3.62. The van der Waals surface area contributed by atoms with Gasteiger partial charge >= 0.3 is 0 Å². The maximum atomic E-state index is 11.5. The maximum Gasteiger partial charge on any atom is 0.160 e. The zero-order valence-electron chi connectivity index (χ0n) is 7.31. The Morgan fingerprint density at radius 3 is 3.00 bits per heavy atom. The van der Waals surface area contributed by atoms with Crippen LogP contribution in [-0.2, 0) is 4.79 Å². The van der Waals surface area contributed by atoms with Crippen molar-refractivity contribution in [2.24, 2.45) is 0 Å². The van der Waals surface area contributed by atoms with E-state index in [4.69, 9.17) is 0 Å². The van der Waals surface area contributed by atoms with Crippen LogP contribution < -0.4 is 5.32 Å². The number of hydrogen-bond acceptors (Lipinski definition) is 2. The zero-order chi connectivity index (χ0) is 8.39. The summed E-state index contributed by atoms with van der Waals surface area (Å²) in [6.45, 7) is 1.08. The first-order valence-corrected chi connectivity index (χ1v) is 4.84. The van der Waals surface area contributed by atoms with Gasteiger partial charge in [0.25, 0.3) is 0 Å². The van der Waals surface area contributed by atoms with Crippen molar-refractivity contribution in [1.29, 1.82) is 0 Å². The standard InChI is InChI=1S/C10H15NO/c12-10-6-2-1-4-8(10)9-5-3-7-11-9/h4,9,11H,1-3,5-7H2. The molecule has 12 heavy (non-hydrogen) atoms. The average Bonchev–Trinajstić information content (AvgIpc) is 2.57. The quantitative estimate of drug-likeness (QED) is 0.636. The van der Waals surface area contributed by atoms with Crippen LogP contribution in [0.15, 0.2) is 11.6 Å². The molecule has 1 heterocycles. The fraction of sp³-hybridized carbons (Fsp3) is 0.700. The highest BCUT2D eigenvalue weighted by Gasteiger charge is 2.24. The number of ketones is 1. The van der Waals surface area contributed by atoms with E-state index < -0.39 is 0 Å². The Balaban J connectivity index is 2.09. The highest BCUT2D eigenvalue weighted by atomic mass is 16.1. The molecule has 2 aliphatic rings. The van der Waals surface area contributed by atoms with Gasteiger partial charge in [-0.05, 0) is 32.2 Å². The molecule has 2 nitrogen and oxygen atoms in total. The summed E-state index contributed by atoms with van der Waals surface area (Å²) in [6, 6.07) is 0.387. The number of rotatable bonds is 1. The first-order chi connectivity index (χ1) is 5.88. The van der Waals surface area contributed by atoms with Crippen molar-refractivity contribution in [3.63, 3.8) is 0 Å². The van der Waals surface area contributed by atoms with Crippen molar-refractivity contribution in [1.82, 2.24) is 5.32 Å². The average molecular weight is 165 g/mol. The molecule has 1 fully saturated rings. The SMILES string of the molecule is O=C1CCCC=C1C1CCCN1. The van der Waals surface area contributed by atoms with Crippen molar-refractivity contribution < 1.29 is 4.79 Å². The molecular formula is C10H15NO. The summed E-state index contributed by atoms with van der Waals surface area (Å²) in [7, 11) is 0. The molecule has 2 rings (SSSR count). The zero-order valence-corrected chi connectivity index (χ0v) is 7.31. The maximum absolute atomic E-state index is 11.5. The minimum absolute atomic E-state index is 0.376. The fourth-order valence-corrected chi connectivity index (χ4v) is 2.06. The summed E-state index contributed by atoms with van der Waals surface area (Å²) >= 11 is 0. The molecule has 0 aromatic rings. The van der Waals surface area contributed by atoms with Crippen molar-refractivity contribution in [3.05, 3.63) is 11.6 Å². The van der Waals surface area contributed by atoms with Gasteiger partial charge < -0.3 is 5.32 Å². The Morgan fingerprint density at radius 1 is 1.42 bits per heavy atom. The van der Waals surface area contributed by atoms with E-state index in [9.17, 15) is 4.79 Å². The molecule has 2 heteroatoms. The smallest absolute Gasteiger partial charge is 0.160 e. The predicted molar refractivity (Wildman–Crippen MR) is 48.0 cm³/mol. The third-order valence-corrected chi connectivity index (χ3v) is 2.73. The van der Waals surface area contributed by atoms with Crippen LogP contribution in [0.5, 0.6) is 0 Å². The first kappa shape index (κ1) is 7.99. The van der Waals surface area contributed by atoms with Gasteiger partial charge in [-0.25, -0.2) is 0 Å². The van der Waals surface area contributed by atoms with Gasteiger partial charge in [-0.3, -0.25) is 4.79 Å². The number of hydrogen-bond donors (Lipinski definition) is 1. The third-order valence-electron chi connectivity index (χ3n) is 2.73. The Bertz CT molecular complexity index is 214. The number of carbonyl (C=O) groups excluding carboxylic acids is 1. The van der Waals surface area contributed by atoms with Crippen LogP contribution >= 0.6 is 0 Å². The Kier molecular flexibility index (Phi) is 2.26. The van der Waals surface area contributed by atoms with E-state index in [1.54, 1.807) is 0 Å². The van der Waals surface area contributed by atoms with Gasteiger partial charge in [0.05, 0.1) is 0 Å². The molecule has 0 bridgehead atoms. The van der Waals surface area contributed by atoms with E-state index in [-0.39, 0.29) is 0 Å². The summed E-state index contributed by atoms with van der Waals surface area (Å²) in [4.78, 5) is 11.5. The molecule has 1 N–H and O–H groups in total. The van der Waals surface area contributed by atoms with Gasteiger partial charge in [0.15, 0.2) is 5.78 Å². The van der Waals surface area contributed by atoms with E-state index in [0.717, 1.165) is 37.8 Å². The number of allylic oxidation sites excluding steroid dienone is 1. The molecule has 0 aromatic heterocycles. The Labute approximate surface area is 73.0 Å². The van der Waals surface area contributed by atoms with Crippen LogP contribution in [-0.4, -0.2) is 18.4 Å². The summed E-state index contributed by atoms with van der Waals surface area (Å²) in [6.07, 6.45) is 7.42. The van der Waals surface area contributed by atoms with Crippen LogP contribution in [0.25, 0.3) is 0 Å². The molecule has 1 aliphatic heterocycles. The summed E-state index contributed by atoms with van der Waals surface area (Å²) in [5.74, 6) is 0.376. The highest BCUT2D eigenvalue weighted by molar-refractivity contribution is 5.97. The van der Waals surface area contributed by atoms with Crippen LogP contribution in [0.2, 0.25) is 0 Å². The normalized spacial score (nSPS) is 30.5. The molecule has 0 spiro atoms. The molecule has 0 radical (unpaired) electrons. The highest BCUT2D eigenvalue weighted by Crippen LogP contribution is 2.21. The minimum atomic E-state index is 0.376. The van der Waals surface area contributed by atoms with Crippen LogP contribution in [0.3, 0.4) is 0 Å². The Morgan fingerprint density at radius 2 is 2.33 bits per heavy atom. The number of nitrogens with one attached hydrogen (secondary N) is 1. The first-order valence-electron chi connectivity index (χ1n) is 4.84. The van der Waals surface area contributed by atoms with Gasteiger partial charge in [0, 0.05) is 18.0 Å². The number of carbonyl (C=O) groups is 1. The molecule has 1 saturated heterocycles. The monoisotopic (exact) mass is 165 g/mol. The molecule has 66 valence electrons. The summed E-state index contributed by atoms with van der Waals surface area (Å²) < 4.78 is 0. The van der Waals surface area contributed by atoms with Gasteiger partial charge in [-0.2, -0.15) is 0 Å². The van der Waals surface area contributed by atoms with Crippen LogP contribution in [0.4, 0.5) is 0 Å². The van der Waals surface area contributed by atoms with Gasteiger partial charge in [0.2, 0.25) is 0 Å². The van der Waals surface area contributed by atoms with Crippen molar-refractivity contribution in [2.45, 2.75) is 38.1 Å². The summed E-state index contributed by atoms with van der Waals surface area (Å²) in [5, 5.41) is 3.37. The van der Waals surface area contributed by atoms with E-state index in [1.807, 2.05) is 0 Å². The second-order valence-corrected chi connectivity index (χ2v) is 3.62. The molecule has 0 aromatic carbocycles.